The Hall–Kier alpha value is 2.12. The van der Waals surface area contributed by atoms with Crippen LogP contribution in [0.25, 0.3) is 0 Å². The fourth-order valence-electron chi connectivity index (χ4n) is 0. The van der Waals surface area contributed by atoms with E-state index >= 15 is 0 Å². The average molecular weight is 252 g/mol. The molecule has 0 aromatic carbocycles. The second-order valence-corrected chi connectivity index (χ2v) is 1.34. The maximum absolute atomic E-state index is 8.74. The molecule has 0 heterocycles. The molecule has 0 aromatic rings. The van der Waals surface area contributed by atoms with Crippen LogP contribution in [0.4, 0.5) is 0 Å². The van der Waals surface area contributed by atoms with Crippen LogP contribution < -0.4 is 29.6 Å². The second-order valence-electron chi connectivity index (χ2n) is 0.448. The Labute approximate surface area is 95.2 Å². The van der Waals surface area contributed by atoms with E-state index in [9.17, 15) is 0 Å². The van der Waals surface area contributed by atoms with Crippen molar-refractivity contribution in [2.75, 3.05) is 0 Å². The third-order valence-corrected chi connectivity index (χ3v) is 0. The fraction of sp³-hybridized carbons (Fsp3) is 0. The standard InChI is InChI=1S/Na.H2O4S.2Zn/c;1-5(2,3)4;;/h;(H2,1,2,3,4);;/q+1;;2*+2. The van der Waals surface area contributed by atoms with Crippen LogP contribution >= 0.6 is 0 Å². The van der Waals surface area contributed by atoms with Gasteiger partial charge in [0.05, 0.1) is 0 Å². The van der Waals surface area contributed by atoms with Crippen LogP contribution in [0.3, 0.4) is 0 Å². The minimum atomic E-state index is -4.67. The second kappa shape index (κ2) is 9.12. The molecule has 8 heavy (non-hydrogen) atoms. The Kier molecular flexibility index (Phi) is 25.6. The summed E-state index contributed by atoms with van der Waals surface area (Å²) < 4.78 is 31.6. The molecule has 0 radical (unpaired) electrons. The van der Waals surface area contributed by atoms with E-state index in [0.29, 0.717) is 0 Å². The van der Waals surface area contributed by atoms with E-state index in [0.717, 1.165) is 0 Å². The van der Waals surface area contributed by atoms with E-state index < -0.39 is 10.4 Å². The van der Waals surface area contributed by atoms with Gasteiger partial charge in [0.25, 0.3) is 0 Å². The van der Waals surface area contributed by atoms with Crippen molar-refractivity contribution in [3.05, 3.63) is 0 Å². The molecule has 0 fully saturated rings. The SMILES string of the molecule is O=S(=O)(O)O.[Na+].[Zn+2].[Zn+2]. The molecule has 0 aliphatic rings. The molecule has 0 amide bonds. The molecule has 0 rings (SSSR count). The molecule has 32 valence electrons. The summed E-state index contributed by atoms with van der Waals surface area (Å²) in [5.41, 5.74) is 0. The van der Waals surface area contributed by atoms with Gasteiger partial charge in [-0.3, -0.25) is 9.11 Å². The molecule has 0 saturated heterocycles. The molecule has 0 atom stereocenters. The van der Waals surface area contributed by atoms with Gasteiger partial charge in [-0.05, 0) is 0 Å². The predicted octanol–water partition coefficient (Wildman–Crippen LogP) is -3.65. The van der Waals surface area contributed by atoms with E-state index in [4.69, 9.17) is 17.5 Å². The number of rotatable bonds is 0. The smallest absolute Gasteiger partial charge is 0.264 e. The summed E-state index contributed by atoms with van der Waals surface area (Å²) in [5, 5.41) is 0. The molecule has 0 saturated carbocycles. The van der Waals surface area contributed by atoms with Crippen LogP contribution in [0.5, 0.6) is 0 Å². The molecule has 0 unspecified atom stereocenters. The van der Waals surface area contributed by atoms with Gasteiger partial charge in [-0.1, -0.05) is 0 Å². The summed E-state index contributed by atoms with van der Waals surface area (Å²) in [6, 6.07) is 0. The van der Waals surface area contributed by atoms with Gasteiger partial charge >= 0.3 is 78.9 Å². The van der Waals surface area contributed by atoms with Crippen molar-refractivity contribution in [3.63, 3.8) is 0 Å². The summed E-state index contributed by atoms with van der Waals surface area (Å²) in [6.45, 7) is 0. The Bertz CT molecular complexity index is 97.2. The van der Waals surface area contributed by atoms with Crippen molar-refractivity contribution in [1.29, 1.82) is 0 Å². The largest absolute Gasteiger partial charge is 2.00 e. The summed E-state index contributed by atoms with van der Waals surface area (Å²) in [7, 11) is -4.67. The Morgan fingerprint density at radius 3 is 1.00 bits per heavy atom. The topological polar surface area (TPSA) is 74.6 Å². The zero-order valence-electron chi connectivity index (χ0n) is 4.53. The molecule has 0 bridgehead atoms. The first-order valence-electron chi connectivity index (χ1n) is 0.698. The van der Waals surface area contributed by atoms with E-state index in [2.05, 4.69) is 0 Å². The predicted molar refractivity (Wildman–Crippen MR) is 14.2 cm³/mol. The first-order valence-corrected chi connectivity index (χ1v) is 2.10. The summed E-state index contributed by atoms with van der Waals surface area (Å²) in [4.78, 5) is 0. The maximum atomic E-state index is 8.74. The van der Waals surface area contributed by atoms with Gasteiger partial charge < -0.3 is 0 Å². The Morgan fingerprint density at radius 1 is 1.00 bits per heavy atom. The van der Waals surface area contributed by atoms with E-state index in [1.54, 1.807) is 0 Å². The van der Waals surface area contributed by atoms with Crippen molar-refractivity contribution >= 4 is 10.4 Å². The number of hydrogen-bond donors (Lipinski definition) is 2. The first-order chi connectivity index (χ1) is 2.00. The van der Waals surface area contributed by atoms with E-state index in [1.807, 2.05) is 0 Å². The zero-order valence-corrected chi connectivity index (χ0v) is 13.3. The summed E-state index contributed by atoms with van der Waals surface area (Å²) >= 11 is 0. The van der Waals surface area contributed by atoms with Crippen molar-refractivity contribution in [3.8, 4) is 0 Å². The molecular weight excluding hydrogens is 250 g/mol. The molecular formula is H2NaO4SZn2+5. The van der Waals surface area contributed by atoms with E-state index in [1.165, 1.54) is 0 Å². The number of hydrogen-bond acceptors (Lipinski definition) is 2. The Balaban J connectivity index is -0.0000000267. The van der Waals surface area contributed by atoms with Crippen LogP contribution in [-0.2, 0) is 49.4 Å². The monoisotopic (exact) mass is 249 g/mol. The van der Waals surface area contributed by atoms with Crippen LogP contribution in [0.2, 0.25) is 0 Å². The average Bonchev–Trinajstić information content (AvgIpc) is 0.722. The maximum Gasteiger partial charge on any atom is 2.00 e. The van der Waals surface area contributed by atoms with Gasteiger partial charge in [-0.2, -0.15) is 8.42 Å². The minimum Gasteiger partial charge on any atom is -0.264 e. The van der Waals surface area contributed by atoms with Crippen LogP contribution in [0, 0.1) is 0 Å². The fourth-order valence-corrected chi connectivity index (χ4v) is 0. The molecule has 0 aliphatic heterocycles. The molecule has 2 N–H and O–H groups in total. The summed E-state index contributed by atoms with van der Waals surface area (Å²) in [5.74, 6) is 0. The van der Waals surface area contributed by atoms with Crippen molar-refractivity contribution in [2.24, 2.45) is 0 Å². The molecule has 0 aromatic heterocycles. The normalized spacial score (nSPS) is 7.25. The molecule has 8 heteroatoms. The third-order valence-electron chi connectivity index (χ3n) is 0. The molecule has 0 spiro atoms. The molecule has 0 aliphatic carbocycles. The molecule has 4 nitrogen and oxygen atoms in total. The third kappa shape index (κ3) is 91.7. The van der Waals surface area contributed by atoms with Crippen LogP contribution in [0.1, 0.15) is 0 Å². The zero-order chi connectivity index (χ0) is 4.50. The van der Waals surface area contributed by atoms with Gasteiger partial charge in [-0.15, -0.1) is 0 Å². The van der Waals surface area contributed by atoms with Gasteiger partial charge in [0.15, 0.2) is 0 Å². The minimum absolute atomic E-state index is 0. The summed E-state index contributed by atoms with van der Waals surface area (Å²) in [6.07, 6.45) is 0. The van der Waals surface area contributed by atoms with Gasteiger partial charge in [0.2, 0.25) is 0 Å². The van der Waals surface area contributed by atoms with Gasteiger partial charge in [0.1, 0.15) is 0 Å². The van der Waals surface area contributed by atoms with Crippen molar-refractivity contribution in [1.82, 2.24) is 0 Å². The van der Waals surface area contributed by atoms with Crippen molar-refractivity contribution in [2.45, 2.75) is 0 Å². The van der Waals surface area contributed by atoms with Gasteiger partial charge in [0, 0.05) is 0 Å². The van der Waals surface area contributed by atoms with E-state index in [-0.39, 0.29) is 68.5 Å². The van der Waals surface area contributed by atoms with Crippen molar-refractivity contribution < 1.29 is 86.0 Å². The first kappa shape index (κ1) is 22.5. The van der Waals surface area contributed by atoms with Crippen LogP contribution in [0.15, 0.2) is 0 Å². The Morgan fingerprint density at radius 2 is 1.00 bits per heavy atom. The van der Waals surface area contributed by atoms with Crippen LogP contribution in [-0.4, -0.2) is 17.5 Å². The van der Waals surface area contributed by atoms with Gasteiger partial charge in [-0.25, -0.2) is 0 Å². The quantitative estimate of drug-likeness (QED) is 0.344.